The monoisotopic (exact) mass is 347 g/mol. The number of rotatable bonds is 4. The van der Waals surface area contributed by atoms with Crippen molar-refractivity contribution in [2.24, 2.45) is 0 Å². The Morgan fingerprint density at radius 3 is 2.42 bits per heavy atom. The first-order valence-electron chi connectivity index (χ1n) is 9.30. The molecular weight excluding hydrogens is 322 g/mol. The highest BCUT2D eigenvalue weighted by Crippen LogP contribution is 2.34. The van der Waals surface area contributed by atoms with Crippen LogP contribution in [0.15, 0.2) is 46.9 Å². The van der Waals surface area contributed by atoms with Crippen molar-refractivity contribution in [1.29, 1.82) is 0 Å². The van der Waals surface area contributed by atoms with Crippen molar-refractivity contribution in [3.63, 3.8) is 0 Å². The van der Waals surface area contributed by atoms with Crippen LogP contribution in [-0.2, 0) is 6.54 Å². The lowest BCUT2D eigenvalue weighted by molar-refractivity contribution is 0.224. The lowest BCUT2D eigenvalue weighted by Gasteiger charge is -2.24. The van der Waals surface area contributed by atoms with Crippen LogP contribution >= 0.6 is 0 Å². The van der Waals surface area contributed by atoms with E-state index in [9.17, 15) is 0 Å². The van der Waals surface area contributed by atoms with Gasteiger partial charge < -0.3 is 4.42 Å². The SMILES string of the molecule is Cc1ccc(-c2nnc(CN3CCCC3c3cc(C)cc(C)c3)o2)cc1. The van der Waals surface area contributed by atoms with Crippen molar-refractivity contribution in [2.45, 2.75) is 46.2 Å². The van der Waals surface area contributed by atoms with Gasteiger partial charge in [0.05, 0.1) is 6.54 Å². The maximum absolute atomic E-state index is 5.94. The number of benzene rings is 2. The predicted molar refractivity (Wildman–Crippen MR) is 103 cm³/mol. The number of aryl methyl sites for hydroxylation is 3. The molecular formula is C22H25N3O. The van der Waals surface area contributed by atoms with E-state index in [0.717, 1.165) is 12.1 Å². The third-order valence-corrected chi connectivity index (χ3v) is 5.10. The summed E-state index contributed by atoms with van der Waals surface area (Å²) in [5.41, 5.74) is 6.25. The minimum absolute atomic E-state index is 0.434. The molecule has 1 saturated heterocycles. The van der Waals surface area contributed by atoms with E-state index < -0.39 is 0 Å². The van der Waals surface area contributed by atoms with Crippen molar-refractivity contribution in [2.75, 3.05) is 6.54 Å². The second-order valence-corrected chi connectivity index (χ2v) is 7.42. The van der Waals surface area contributed by atoms with Gasteiger partial charge >= 0.3 is 0 Å². The summed E-state index contributed by atoms with van der Waals surface area (Å²) in [5.74, 6) is 1.29. The lowest BCUT2D eigenvalue weighted by atomic mass is 9.99. The number of hydrogen-bond acceptors (Lipinski definition) is 4. The van der Waals surface area contributed by atoms with Crippen molar-refractivity contribution in [3.05, 3.63) is 70.6 Å². The van der Waals surface area contributed by atoms with E-state index in [1.165, 1.54) is 35.1 Å². The van der Waals surface area contributed by atoms with Crippen LogP contribution in [0, 0.1) is 20.8 Å². The fraction of sp³-hybridized carbons (Fsp3) is 0.364. The van der Waals surface area contributed by atoms with Crippen molar-refractivity contribution in [1.82, 2.24) is 15.1 Å². The van der Waals surface area contributed by atoms with E-state index in [1.807, 2.05) is 12.1 Å². The summed E-state index contributed by atoms with van der Waals surface area (Å²) < 4.78 is 5.94. The van der Waals surface area contributed by atoms with Crippen LogP contribution in [0.5, 0.6) is 0 Å². The Morgan fingerprint density at radius 1 is 0.962 bits per heavy atom. The summed E-state index contributed by atoms with van der Waals surface area (Å²) in [7, 11) is 0. The highest BCUT2D eigenvalue weighted by Gasteiger charge is 2.27. The van der Waals surface area contributed by atoms with Gasteiger partial charge in [0, 0.05) is 11.6 Å². The fourth-order valence-corrected chi connectivity index (χ4v) is 3.90. The summed E-state index contributed by atoms with van der Waals surface area (Å²) in [6.07, 6.45) is 2.39. The molecule has 1 fully saturated rings. The second kappa shape index (κ2) is 7.04. The van der Waals surface area contributed by atoms with Gasteiger partial charge in [-0.05, 0) is 57.9 Å². The summed E-state index contributed by atoms with van der Waals surface area (Å²) >= 11 is 0. The van der Waals surface area contributed by atoms with Crippen LogP contribution in [0.4, 0.5) is 0 Å². The predicted octanol–water partition coefficient (Wildman–Crippen LogP) is 5.00. The van der Waals surface area contributed by atoms with Gasteiger partial charge in [0.25, 0.3) is 0 Å². The molecule has 4 rings (SSSR count). The molecule has 1 aromatic heterocycles. The molecule has 0 saturated carbocycles. The molecule has 1 aliphatic heterocycles. The summed E-state index contributed by atoms with van der Waals surface area (Å²) in [5, 5.41) is 8.52. The van der Waals surface area contributed by atoms with E-state index in [0.29, 0.717) is 24.4 Å². The van der Waals surface area contributed by atoms with Crippen LogP contribution in [0.3, 0.4) is 0 Å². The summed E-state index contributed by atoms with van der Waals surface area (Å²) in [6, 6.07) is 15.5. The molecule has 0 N–H and O–H groups in total. The first-order valence-corrected chi connectivity index (χ1v) is 9.30. The Hall–Kier alpha value is -2.46. The fourth-order valence-electron chi connectivity index (χ4n) is 3.90. The van der Waals surface area contributed by atoms with Gasteiger partial charge in [0.15, 0.2) is 0 Å². The normalized spacial score (nSPS) is 17.7. The van der Waals surface area contributed by atoms with E-state index in [2.05, 4.69) is 66.2 Å². The van der Waals surface area contributed by atoms with Crippen LogP contribution in [0.25, 0.3) is 11.5 Å². The molecule has 0 radical (unpaired) electrons. The van der Waals surface area contributed by atoms with Crippen molar-refractivity contribution in [3.8, 4) is 11.5 Å². The molecule has 1 unspecified atom stereocenters. The molecule has 0 amide bonds. The lowest BCUT2D eigenvalue weighted by Crippen LogP contribution is -2.23. The molecule has 26 heavy (non-hydrogen) atoms. The van der Waals surface area contributed by atoms with E-state index in [1.54, 1.807) is 0 Å². The largest absolute Gasteiger partial charge is 0.419 e. The molecule has 2 heterocycles. The van der Waals surface area contributed by atoms with Gasteiger partial charge in [-0.2, -0.15) is 0 Å². The highest BCUT2D eigenvalue weighted by molar-refractivity contribution is 5.52. The minimum atomic E-state index is 0.434. The highest BCUT2D eigenvalue weighted by atomic mass is 16.4. The van der Waals surface area contributed by atoms with Crippen molar-refractivity contribution >= 4 is 0 Å². The van der Waals surface area contributed by atoms with Gasteiger partial charge in [-0.25, -0.2) is 0 Å². The number of aromatic nitrogens is 2. The van der Waals surface area contributed by atoms with E-state index >= 15 is 0 Å². The molecule has 0 aliphatic carbocycles. The van der Waals surface area contributed by atoms with Crippen LogP contribution in [0.2, 0.25) is 0 Å². The molecule has 3 aromatic rings. The van der Waals surface area contributed by atoms with Gasteiger partial charge in [0.1, 0.15) is 0 Å². The zero-order valence-electron chi connectivity index (χ0n) is 15.7. The smallest absolute Gasteiger partial charge is 0.247 e. The Morgan fingerprint density at radius 2 is 1.69 bits per heavy atom. The van der Waals surface area contributed by atoms with Crippen LogP contribution < -0.4 is 0 Å². The topological polar surface area (TPSA) is 42.2 Å². The third-order valence-electron chi connectivity index (χ3n) is 5.10. The maximum Gasteiger partial charge on any atom is 0.247 e. The Balaban J connectivity index is 1.52. The van der Waals surface area contributed by atoms with E-state index in [-0.39, 0.29) is 0 Å². The first-order chi connectivity index (χ1) is 12.6. The van der Waals surface area contributed by atoms with Gasteiger partial charge in [-0.1, -0.05) is 47.0 Å². The van der Waals surface area contributed by atoms with Gasteiger partial charge in [-0.3, -0.25) is 4.90 Å². The van der Waals surface area contributed by atoms with Crippen molar-refractivity contribution < 1.29 is 4.42 Å². The molecule has 134 valence electrons. The molecule has 1 atom stereocenters. The zero-order valence-corrected chi connectivity index (χ0v) is 15.7. The number of nitrogens with zero attached hydrogens (tertiary/aromatic N) is 3. The molecule has 1 aliphatic rings. The minimum Gasteiger partial charge on any atom is -0.419 e. The Kier molecular flexibility index (Phi) is 4.60. The number of likely N-dealkylation sites (tertiary alicyclic amines) is 1. The molecule has 2 aromatic carbocycles. The van der Waals surface area contributed by atoms with Gasteiger partial charge in [0.2, 0.25) is 11.8 Å². The van der Waals surface area contributed by atoms with Crippen LogP contribution in [-0.4, -0.2) is 21.6 Å². The summed E-state index contributed by atoms with van der Waals surface area (Å²) in [4.78, 5) is 2.46. The van der Waals surface area contributed by atoms with Gasteiger partial charge in [-0.15, -0.1) is 10.2 Å². The Bertz CT molecular complexity index is 878. The second-order valence-electron chi connectivity index (χ2n) is 7.42. The first kappa shape index (κ1) is 17.0. The molecule has 4 nitrogen and oxygen atoms in total. The standard InChI is InChI=1S/C22H25N3O/c1-15-6-8-18(9-7-15)22-24-23-21(26-22)14-25-10-4-5-20(25)19-12-16(2)11-17(3)13-19/h6-9,11-13,20H,4-5,10,14H2,1-3H3. The molecule has 0 bridgehead atoms. The zero-order chi connectivity index (χ0) is 18.1. The average molecular weight is 347 g/mol. The average Bonchev–Trinajstić information content (AvgIpc) is 3.25. The maximum atomic E-state index is 5.94. The third kappa shape index (κ3) is 3.56. The number of hydrogen-bond donors (Lipinski definition) is 0. The van der Waals surface area contributed by atoms with E-state index in [4.69, 9.17) is 4.42 Å². The Labute approximate surface area is 154 Å². The molecule has 0 spiro atoms. The quantitative estimate of drug-likeness (QED) is 0.666. The molecule has 4 heteroatoms. The summed E-state index contributed by atoms with van der Waals surface area (Å²) in [6.45, 7) is 8.18. The van der Waals surface area contributed by atoms with Crippen LogP contribution in [0.1, 0.15) is 47.0 Å².